The van der Waals surface area contributed by atoms with Crippen molar-refractivity contribution in [2.24, 2.45) is 22.9 Å². The third-order valence-corrected chi connectivity index (χ3v) is 18.5. The van der Waals surface area contributed by atoms with Gasteiger partial charge in [-0.05, 0) is 92.7 Å². The van der Waals surface area contributed by atoms with E-state index < -0.39 is 230 Å². The summed E-state index contributed by atoms with van der Waals surface area (Å²) in [5, 5.41) is 52.6. The van der Waals surface area contributed by atoms with Crippen molar-refractivity contribution in [3.63, 3.8) is 0 Å². The van der Waals surface area contributed by atoms with Crippen LogP contribution in [-0.2, 0) is 101 Å². The molecule has 0 aliphatic carbocycles. The van der Waals surface area contributed by atoms with E-state index in [4.69, 9.17) is 22.9 Å². The van der Waals surface area contributed by atoms with Crippen molar-refractivity contribution in [1.29, 1.82) is 0 Å². The van der Waals surface area contributed by atoms with Crippen LogP contribution in [-0.4, -0.2) is 206 Å². The molecule has 5 aromatic rings. The number of carboxylic acids is 1. The number of thioether (sulfide) groups is 1. The van der Waals surface area contributed by atoms with Crippen molar-refractivity contribution in [2.45, 2.75) is 177 Å². The fourth-order valence-electron chi connectivity index (χ4n) is 11.5. The maximum atomic E-state index is 15.4. The fraction of sp³-hybridized carbons (Fsp3) is 0.431. The number of primary amides is 4. The average Bonchev–Trinajstić information content (AvgIpc) is 1.80. The zero-order valence-corrected chi connectivity index (χ0v) is 61.4. The van der Waals surface area contributed by atoms with Gasteiger partial charge in [-0.3, -0.25) is 81.5 Å². The summed E-state index contributed by atoms with van der Waals surface area (Å²) in [5.74, 6) is -18.5. The molecule has 0 spiro atoms. The summed E-state index contributed by atoms with van der Waals surface area (Å²) < 4.78 is 0. The Hall–Kier alpha value is -12.0. The van der Waals surface area contributed by atoms with Crippen LogP contribution in [0.3, 0.4) is 0 Å². The summed E-state index contributed by atoms with van der Waals surface area (Å²) in [4.78, 5) is 236. The van der Waals surface area contributed by atoms with Gasteiger partial charge in [0.15, 0.2) is 0 Å². The Morgan fingerprint density at radius 3 is 1.79 bits per heavy atom. The summed E-state index contributed by atoms with van der Waals surface area (Å²) in [6.07, 6.45) is -5.55. The number of benzene rings is 4. The van der Waals surface area contributed by atoms with Crippen LogP contribution in [0.15, 0.2) is 97.2 Å². The number of rotatable bonds is 32. The number of carboxylic acid groups (broad SMARTS) is 1. The summed E-state index contributed by atoms with van der Waals surface area (Å²) in [7, 11) is 0. The topological polar surface area (TPSA) is 595 Å². The predicted octanol–water partition coefficient (Wildman–Crippen LogP) is -4.19. The number of hydrogen-bond acceptors (Lipinski definition) is 19. The van der Waals surface area contributed by atoms with Gasteiger partial charge < -0.3 is 102 Å². The fourth-order valence-corrected chi connectivity index (χ4v) is 12.5. The summed E-state index contributed by atoms with van der Waals surface area (Å²) in [6.45, 7) is 5.73. The first kappa shape index (κ1) is 85.9. The van der Waals surface area contributed by atoms with Gasteiger partial charge in [-0.25, -0.2) is 0 Å². The molecule has 23 N–H and O–H groups in total. The molecule has 0 radical (unpaired) electrons. The van der Waals surface area contributed by atoms with E-state index in [0.717, 1.165) is 36.6 Å². The first-order valence-electron chi connectivity index (χ1n) is 34.8. The van der Waals surface area contributed by atoms with Gasteiger partial charge in [-0.15, -0.1) is 0 Å². The Morgan fingerprint density at radius 2 is 1.17 bits per heavy atom. The predicted molar refractivity (Wildman–Crippen MR) is 395 cm³/mol. The van der Waals surface area contributed by atoms with Gasteiger partial charge in [0.05, 0.1) is 19.1 Å². The lowest BCUT2D eigenvalue weighted by Crippen LogP contribution is -2.64. The number of carbonyl (C=O) groups is 17. The molecule has 0 unspecified atom stereocenters. The van der Waals surface area contributed by atoms with E-state index in [0.29, 0.717) is 33.0 Å². The van der Waals surface area contributed by atoms with Gasteiger partial charge in [-0.1, -0.05) is 90.5 Å². The number of aliphatic carboxylic acids is 1. The van der Waals surface area contributed by atoms with Crippen LogP contribution in [0.25, 0.3) is 21.7 Å². The number of nitrogens with two attached hydrogens (primary N) is 4. The SMILES string of the molecule is CC(=O)N[C@H]1CCSC[C@@H](C(=O)N[C@@H](Cc2ccc(C)cc2)C(=O)N[C@@H](Cc2ccc3ccccc3c2)C(=O)NC(C)(C)C(=O)N[C@@H](CCC(=O)O)C(=O)N[C@@H](CC(N)=O)C(=O)NCC(N)=O)NC(=O)[C@H](CCC(N)=O)NC(=O)[C@H](Cc2c[nH]c3ccccc23)NC(=O)[C@H]([C@@H](C)O)NC(=O)[C@H](CCC(N)=O)NC1=O. The highest BCUT2D eigenvalue weighted by Crippen LogP contribution is 2.22. The standard InChI is InChI=1S/C72H93N17O19S/c1-36-14-16-39(17-15-36)29-50(66(103)83-51(30-40-18-19-41-10-6-7-11-42(41)28-40)69(106)89-72(4,5)71(108)87-48(22-25-59(96)97)63(100)84-53(32-57(75)94)61(98)78-34-58(76)95)82-68(105)54-35-109-27-26-49(79-38(3)91)64(101)80-47(21-24-56(74)93)65(102)88-60(37(2)90)70(107)85-52(31-43-33-77-45-13-9-8-12-44(43)45)67(104)81-46(62(99)86-54)20-23-55(73)92/h6-19,28,33,37,46-54,60,77,90H,20-27,29-32,34-35H2,1-5H3,(H2,73,92)(H2,74,93)(H2,75,94)(H2,76,95)(H,78,98)(H,79,91)(H,80,101)(H,81,104)(H,82,105)(H,83,103)(H,84,100)(H,85,107)(H,86,99)(H,87,108)(H,88,102)(H,89,106)(H,96,97)/t37-,46+,47+,48+,49+,50+,51+,52+,53+,54+,60+/m1/s1. The largest absolute Gasteiger partial charge is 0.481 e. The van der Waals surface area contributed by atoms with Crippen molar-refractivity contribution in [1.82, 2.24) is 68.8 Å². The van der Waals surface area contributed by atoms with E-state index in [1.165, 1.54) is 13.8 Å². The van der Waals surface area contributed by atoms with E-state index in [1.807, 2.05) is 6.07 Å². The third kappa shape index (κ3) is 27.4. The maximum Gasteiger partial charge on any atom is 0.303 e. The lowest BCUT2D eigenvalue weighted by Gasteiger charge is -2.31. The number of amides is 16. The van der Waals surface area contributed by atoms with Crippen LogP contribution in [0.4, 0.5) is 0 Å². The van der Waals surface area contributed by atoms with Crippen molar-refractivity contribution >= 4 is 134 Å². The van der Waals surface area contributed by atoms with Crippen LogP contribution in [0, 0.1) is 6.92 Å². The Labute approximate surface area is 629 Å². The van der Waals surface area contributed by atoms with Crippen molar-refractivity contribution < 1.29 is 91.7 Å². The molecule has 586 valence electrons. The monoisotopic (exact) mass is 1530 g/mol. The zero-order valence-electron chi connectivity index (χ0n) is 60.5. The van der Waals surface area contributed by atoms with Crippen LogP contribution in [0.5, 0.6) is 0 Å². The number of aryl methyl sites for hydroxylation is 1. The highest BCUT2D eigenvalue weighted by atomic mass is 32.2. The molecule has 1 aliphatic rings. The molecular formula is C72H93N17O19S. The minimum absolute atomic E-state index is 0.128. The van der Waals surface area contributed by atoms with E-state index in [2.05, 4.69) is 68.8 Å². The normalized spacial score (nSPS) is 19.0. The van der Waals surface area contributed by atoms with Gasteiger partial charge in [0, 0.05) is 68.3 Å². The van der Waals surface area contributed by atoms with E-state index in [-0.39, 0.29) is 31.4 Å². The number of aromatic nitrogens is 1. The van der Waals surface area contributed by atoms with Gasteiger partial charge in [-0.2, -0.15) is 11.8 Å². The van der Waals surface area contributed by atoms with Gasteiger partial charge >= 0.3 is 5.97 Å². The Kier molecular flexibility index (Phi) is 32.0. The zero-order chi connectivity index (χ0) is 80.4. The van der Waals surface area contributed by atoms with Gasteiger partial charge in [0.2, 0.25) is 94.5 Å². The average molecular weight is 1530 g/mol. The van der Waals surface area contributed by atoms with Crippen molar-refractivity contribution in [3.05, 3.63) is 119 Å². The van der Waals surface area contributed by atoms with Crippen LogP contribution < -0.4 is 86.7 Å². The third-order valence-electron chi connectivity index (χ3n) is 17.4. The number of hydrogen-bond donors (Lipinski definition) is 19. The summed E-state index contributed by atoms with van der Waals surface area (Å²) >= 11 is 0.930. The van der Waals surface area contributed by atoms with Crippen molar-refractivity contribution in [3.8, 4) is 0 Å². The molecule has 37 heteroatoms. The molecule has 11 atom stereocenters. The van der Waals surface area contributed by atoms with E-state index in [1.54, 1.807) is 98.0 Å². The summed E-state index contributed by atoms with van der Waals surface area (Å²) in [6, 6.07) is 8.96. The first-order valence-corrected chi connectivity index (χ1v) is 35.9. The molecule has 4 aromatic carbocycles. The smallest absolute Gasteiger partial charge is 0.303 e. The van der Waals surface area contributed by atoms with Crippen LogP contribution >= 0.6 is 11.8 Å². The first-order chi connectivity index (χ1) is 51.5. The Balaban J connectivity index is 1.40. The number of H-pyrrole nitrogens is 1. The summed E-state index contributed by atoms with van der Waals surface area (Å²) in [5.41, 5.74) is 22.2. The molecular weight excluding hydrogens is 1440 g/mol. The molecule has 1 fully saturated rings. The number of para-hydroxylation sites is 1. The van der Waals surface area contributed by atoms with Gasteiger partial charge in [0.25, 0.3) is 0 Å². The second kappa shape index (κ2) is 40.6. The number of nitrogens with one attached hydrogen (secondary N) is 13. The van der Waals surface area contributed by atoms with E-state index in [9.17, 15) is 72.5 Å². The number of aliphatic hydroxyl groups excluding tert-OH is 1. The minimum atomic E-state index is -2.07. The number of fused-ring (bicyclic) bond motifs is 2. The highest BCUT2D eigenvalue weighted by Gasteiger charge is 2.40. The maximum absolute atomic E-state index is 15.4. The molecule has 109 heavy (non-hydrogen) atoms. The second-order valence-corrected chi connectivity index (χ2v) is 28.0. The van der Waals surface area contributed by atoms with Crippen LogP contribution in [0.2, 0.25) is 0 Å². The Morgan fingerprint density at radius 1 is 0.596 bits per heavy atom. The second-order valence-electron chi connectivity index (χ2n) is 26.8. The molecule has 1 aliphatic heterocycles. The number of aromatic amines is 1. The number of carbonyl (C=O) groups excluding carboxylic acids is 16. The van der Waals surface area contributed by atoms with Crippen LogP contribution in [0.1, 0.15) is 101 Å². The molecule has 1 saturated heterocycles. The molecule has 2 heterocycles. The van der Waals surface area contributed by atoms with Crippen molar-refractivity contribution in [2.75, 3.05) is 18.1 Å². The number of aliphatic hydroxyl groups is 1. The highest BCUT2D eigenvalue weighted by molar-refractivity contribution is 7.99. The molecule has 36 nitrogen and oxygen atoms in total. The molecule has 0 saturated carbocycles. The van der Waals surface area contributed by atoms with Gasteiger partial charge in [0.1, 0.15) is 66.0 Å². The van der Waals surface area contributed by atoms with E-state index >= 15 is 19.2 Å². The molecule has 6 rings (SSSR count). The molecule has 16 amide bonds. The lowest BCUT2D eigenvalue weighted by atomic mass is 9.97. The molecule has 1 aromatic heterocycles. The quantitative estimate of drug-likeness (QED) is 0.0194. The Bertz CT molecular complexity index is 4230. The lowest BCUT2D eigenvalue weighted by molar-refractivity contribution is -0.139. The molecule has 0 bridgehead atoms. The minimum Gasteiger partial charge on any atom is -0.481 e.